The summed E-state index contributed by atoms with van der Waals surface area (Å²) in [5.41, 5.74) is 3.80. The highest BCUT2D eigenvalue weighted by Crippen LogP contribution is 2.39. The topological polar surface area (TPSA) is 59.2 Å². The van der Waals surface area contributed by atoms with Crippen molar-refractivity contribution in [2.75, 3.05) is 25.9 Å². The Morgan fingerprint density at radius 3 is 2.56 bits per heavy atom. The molecule has 1 fully saturated rings. The van der Waals surface area contributed by atoms with E-state index in [9.17, 15) is 4.79 Å². The van der Waals surface area contributed by atoms with E-state index < -0.39 is 0 Å². The number of terminal acetylenes is 1. The molecule has 0 spiro atoms. The highest BCUT2D eigenvalue weighted by atomic mass is 32.2. The number of carbonyl (C=O) groups is 1. The van der Waals surface area contributed by atoms with Gasteiger partial charge in [0.2, 0.25) is 5.91 Å². The number of hydrogen-bond acceptors (Lipinski definition) is 4. The number of aryl methyl sites for hydroxylation is 1. The molecule has 1 aliphatic rings. The lowest BCUT2D eigenvalue weighted by atomic mass is 9.96. The molecule has 5 nitrogen and oxygen atoms in total. The van der Waals surface area contributed by atoms with Crippen LogP contribution in [-0.4, -0.2) is 36.5 Å². The van der Waals surface area contributed by atoms with Crippen LogP contribution in [0.1, 0.15) is 83.4 Å². The molecule has 1 aliphatic heterocycles. The van der Waals surface area contributed by atoms with Gasteiger partial charge in [-0.3, -0.25) is 4.79 Å². The molecular formula is C28H45N3O2S. The normalized spacial score (nSPS) is 15.0. The Balaban J connectivity index is 0.00000107. The summed E-state index contributed by atoms with van der Waals surface area (Å²) in [5.74, 6) is 1.01. The fourth-order valence-electron chi connectivity index (χ4n) is 4.04. The first-order valence-electron chi connectivity index (χ1n) is 12.7. The quantitative estimate of drug-likeness (QED) is 0.229. The molecule has 6 heteroatoms. The van der Waals surface area contributed by atoms with Crippen LogP contribution in [0, 0.1) is 12.8 Å². The minimum absolute atomic E-state index is 0.0190. The molecule has 0 saturated carbocycles. The van der Waals surface area contributed by atoms with Gasteiger partial charge in [0.1, 0.15) is 0 Å². The molecule has 1 unspecified atom stereocenters. The van der Waals surface area contributed by atoms with E-state index in [1.165, 1.54) is 53.8 Å². The van der Waals surface area contributed by atoms with Crippen LogP contribution in [0.4, 0.5) is 0 Å². The molecule has 1 atom stereocenters. The molecule has 1 saturated heterocycles. The second-order valence-electron chi connectivity index (χ2n) is 8.64. The number of rotatable bonds is 10. The van der Waals surface area contributed by atoms with Crippen molar-refractivity contribution < 1.29 is 9.32 Å². The number of piperidine rings is 1. The zero-order chi connectivity index (χ0) is 25.3. The average molecular weight is 488 g/mol. The monoisotopic (exact) mass is 487 g/mol. The standard InChI is InChI=1S/C23H35N3O2S.C3H8.C2H2/c1-4-5-6-8-18-10-11-21(19(15-18)12-14-25-17(2)27)22-23(29-3)26(28-22)20-9-7-13-24-16-20;1-3-2;1-2/h10-11,15,20,24H,4-9,12-14,16H2,1-3H3,(H,25,27);3H2,1-2H3;1-2H. The molecule has 2 N–H and O–H groups in total. The number of nitrogens with zero attached hydrogens (tertiary/aromatic N) is 1. The van der Waals surface area contributed by atoms with Crippen LogP contribution >= 0.6 is 11.8 Å². The minimum atomic E-state index is 0.0190. The summed E-state index contributed by atoms with van der Waals surface area (Å²) >= 11 is 1.76. The minimum Gasteiger partial charge on any atom is -0.375 e. The second-order valence-corrected chi connectivity index (χ2v) is 9.44. The van der Waals surface area contributed by atoms with E-state index in [2.05, 4.69) is 73.4 Å². The van der Waals surface area contributed by atoms with Crippen molar-refractivity contribution in [3.8, 4) is 24.2 Å². The van der Waals surface area contributed by atoms with Crippen molar-refractivity contribution in [3.63, 3.8) is 0 Å². The van der Waals surface area contributed by atoms with Crippen LogP contribution in [0.15, 0.2) is 27.7 Å². The molecule has 34 heavy (non-hydrogen) atoms. The first-order valence-corrected chi connectivity index (χ1v) is 13.9. The summed E-state index contributed by atoms with van der Waals surface area (Å²) in [7, 11) is 0. The molecule has 3 rings (SSSR count). The van der Waals surface area contributed by atoms with Crippen molar-refractivity contribution in [2.45, 2.75) is 90.1 Å². The molecule has 2 heterocycles. The number of benzene rings is 1. The highest BCUT2D eigenvalue weighted by molar-refractivity contribution is 7.98. The van der Waals surface area contributed by atoms with Crippen molar-refractivity contribution in [3.05, 3.63) is 29.3 Å². The Bertz CT molecular complexity index is 847. The molecular weight excluding hydrogens is 442 g/mol. The van der Waals surface area contributed by atoms with Gasteiger partial charge in [-0.05, 0) is 56.0 Å². The van der Waals surface area contributed by atoms with E-state index in [1.807, 2.05) is 0 Å². The van der Waals surface area contributed by atoms with Crippen LogP contribution in [0.5, 0.6) is 0 Å². The number of carbonyl (C=O) groups excluding carboxylic acids is 1. The van der Waals surface area contributed by atoms with Gasteiger partial charge >= 0.3 is 0 Å². The van der Waals surface area contributed by atoms with Crippen LogP contribution in [0.2, 0.25) is 0 Å². The molecule has 0 radical (unpaired) electrons. The number of nitrogens with one attached hydrogen (secondary N) is 2. The van der Waals surface area contributed by atoms with Crippen LogP contribution < -0.4 is 10.6 Å². The first-order chi connectivity index (χ1) is 16.5. The summed E-state index contributed by atoms with van der Waals surface area (Å²) < 4.78 is 8.34. The summed E-state index contributed by atoms with van der Waals surface area (Å²) in [6, 6.07) is 7.18. The van der Waals surface area contributed by atoms with Gasteiger partial charge < -0.3 is 15.2 Å². The molecule has 1 aromatic carbocycles. The van der Waals surface area contributed by atoms with E-state index in [-0.39, 0.29) is 5.91 Å². The third kappa shape index (κ3) is 9.27. The number of hydrogen-bond donors (Lipinski definition) is 2. The Morgan fingerprint density at radius 2 is 1.97 bits per heavy atom. The summed E-state index contributed by atoms with van der Waals surface area (Å²) in [5, 5.41) is 7.63. The number of unbranched alkanes of at least 4 members (excludes halogenated alkanes) is 2. The van der Waals surface area contributed by atoms with Crippen molar-refractivity contribution in [2.24, 2.45) is 0 Å². The van der Waals surface area contributed by atoms with Crippen molar-refractivity contribution in [1.29, 1.82) is 0 Å². The molecule has 190 valence electrons. The van der Waals surface area contributed by atoms with E-state index >= 15 is 0 Å². The molecule has 1 aromatic heterocycles. The summed E-state index contributed by atoms with van der Waals surface area (Å²) in [4.78, 5) is 11.3. The molecule has 0 bridgehead atoms. The van der Waals surface area contributed by atoms with Gasteiger partial charge in [-0.25, -0.2) is 0 Å². The van der Waals surface area contributed by atoms with Crippen LogP contribution in [0.25, 0.3) is 11.3 Å². The Morgan fingerprint density at radius 1 is 1.24 bits per heavy atom. The summed E-state index contributed by atoms with van der Waals surface area (Å²) in [6.07, 6.45) is 19.4. The van der Waals surface area contributed by atoms with Crippen LogP contribution in [-0.2, 0) is 17.6 Å². The maximum absolute atomic E-state index is 11.3. The zero-order valence-corrected chi connectivity index (χ0v) is 22.7. The average Bonchev–Trinajstić information content (AvgIpc) is 2.82. The Labute approximate surface area is 211 Å². The van der Waals surface area contributed by atoms with E-state index in [1.54, 1.807) is 18.7 Å². The van der Waals surface area contributed by atoms with Gasteiger partial charge in [-0.1, -0.05) is 58.2 Å². The third-order valence-corrected chi connectivity index (χ3v) is 6.38. The van der Waals surface area contributed by atoms with Gasteiger partial charge in [0, 0.05) is 25.6 Å². The van der Waals surface area contributed by atoms with Gasteiger partial charge in [0.15, 0.2) is 10.8 Å². The lowest BCUT2D eigenvalue weighted by Gasteiger charge is -2.30. The van der Waals surface area contributed by atoms with Gasteiger partial charge in [0.05, 0.1) is 6.04 Å². The predicted molar refractivity (Wildman–Crippen MR) is 147 cm³/mol. The van der Waals surface area contributed by atoms with E-state index in [0.29, 0.717) is 12.6 Å². The number of amides is 1. The zero-order valence-electron chi connectivity index (χ0n) is 21.9. The SMILES string of the molecule is C#C.CCC.CCCCCc1ccc(-c2on(C3CCCNC3)c2SC)c(CCNC(C)=O)c1. The maximum Gasteiger partial charge on any atom is 0.216 e. The largest absolute Gasteiger partial charge is 0.375 e. The lowest BCUT2D eigenvalue weighted by molar-refractivity contribution is -0.118. The fourth-order valence-corrected chi connectivity index (χ4v) is 4.74. The van der Waals surface area contributed by atoms with E-state index in [4.69, 9.17) is 4.52 Å². The Hall–Kier alpha value is -2.10. The Kier molecular flexibility index (Phi) is 15.3. The maximum atomic E-state index is 11.3. The number of aromatic nitrogens is 1. The van der Waals surface area contributed by atoms with E-state index in [0.717, 1.165) is 38.1 Å². The van der Waals surface area contributed by atoms with Gasteiger partial charge in [0.25, 0.3) is 0 Å². The molecule has 1 amide bonds. The second kappa shape index (κ2) is 17.4. The third-order valence-electron chi connectivity index (χ3n) is 5.63. The first kappa shape index (κ1) is 29.9. The van der Waals surface area contributed by atoms with Gasteiger partial charge in [-0.15, -0.1) is 24.6 Å². The summed E-state index contributed by atoms with van der Waals surface area (Å²) in [6.45, 7) is 10.8. The van der Waals surface area contributed by atoms with Crippen molar-refractivity contribution >= 4 is 17.7 Å². The highest BCUT2D eigenvalue weighted by Gasteiger charge is 2.27. The predicted octanol–water partition coefficient (Wildman–Crippen LogP) is 6.47. The van der Waals surface area contributed by atoms with Crippen LogP contribution in [0.3, 0.4) is 0 Å². The molecule has 2 aromatic rings. The smallest absolute Gasteiger partial charge is 0.216 e. The van der Waals surface area contributed by atoms with Crippen molar-refractivity contribution in [1.82, 2.24) is 15.4 Å². The lowest BCUT2D eigenvalue weighted by Crippen LogP contribution is -2.33. The molecule has 0 aliphatic carbocycles. The fraction of sp³-hybridized carbons (Fsp3) is 0.607. The van der Waals surface area contributed by atoms with Gasteiger partial charge in [-0.2, -0.15) is 4.74 Å². The number of thioether (sulfide) groups is 1.